The summed E-state index contributed by atoms with van der Waals surface area (Å²) in [6.45, 7) is 6.01. The van der Waals surface area contributed by atoms with Crippen molar-refractivity contribution in [1.82, 2.24) is 5.32 Å². The molecule has 0 bridgehead atoms. The fraction of sp³-hybridized carbons (Fsp3) is 0.667. The minimum absolute atomic E-state index is 0.159. The molecule has 4 atom stereocenters. The van der Waals surface area contributed by atoms with Crippen LogP contribution in [0.3, 0.4) is 0 Å². The molecule has 0 aromatic heterocycles. The summed E-state index contributed by atoms with van der Waals surface area (Å²) in [5, 5.41) is 14.0. The van der Waals surface area contributed by atoms with Crippen LogP contribution < -0.4 is 5.32 Å². The smallest absolute Gasteiger partial charge is 0.387 e. The molecule has 1 aliphatic rings. The largest absolute Gasteiger partial charge is 0.416 e. The second-order valence-corrected chi connectivity index (χ2v) is 6.67. The number of hydrogen-bond donors (Lipinski definition) is 2. The van der Waals surface area contributed by atoms with Gasteiger partial charge in [0.05, 0.1) is 23.9 Å². The van der Waals surface area contributed by atoms with Gasteiger partial charge in [0.15, 0.2) is 0 Å². The van der Waals surface area contributed by atoms with Gasteiger partial charge in [-0.1, -0.05) is 19.1 Å². The number of halogens is 3. The Morgan fingerprint density at radius 2 is 1.71 bits per heavy atom. The van der Waals surface area contributed by atoms with Crippen LogP contribution in [0.25, 0.3) is 0 Å². The number of nitrogens with one attached hydrogen (secondary N) is 1. The first-order valence-corrected chi connectivity index (χ1v) is 8.47. The van der Waals surface area contributed by atoms with Gasteiger partial charge in [-0.2, -0.15) is 13.2 Å². The van der Waals surface area contributed by atoms with E-state index in [2.05, 4.69) is 5.32 Å². The van der Waals surface area contributed by atoms with Crippen molar-refractivity contribution >= 4 is 0 Å². The summed E-state index contributed by atoms with van der Waals surface area (Å²) in [4.78, 5) is 0. The maximum atomic E-state index is 12.6. The Labute approximate surface area is 141 Å². The first-order valence-electron chi connectivity index (χ1n) is 8.47. The SMILES string of the molecule is CCC(NC1CC(C)OC(C)C1)C(O)c1ccc(C(F)(F)F)cc1. The average Bonchev–Trinajstić information content (AvgIpc) is 2.50. The Morgan fingerprint density at radius 3 is 2.17 bits per heavy atom. The number of benzene rings is 1. The van der Waals surface area contributed by atoms with Crippen molar-refractivity contribution in [1.29, 1.82) is 0 Å². The second kappa shape index (κ2) is 7.85. The Hall–Kier alpha value is -1.11. The van der Waals surface area contributed by atoms with Crippen molar-refractivity contribution in [2.24, 2.45) is 0 Å². The van der Waals surface area contributed by atoms with Gasteiger partial charge in [-0.3, -0.25) is 0 Å². The molecule has 136 valence electrons. The number of aliphatic hydroxyl groups is 1. The number of alkyl halides is 3. The molecular weight excluding hydrogens is 319 g/mol. The van der Waals surface area contributed by atoms with Crippen molar-refractivity contribution < 1.29 is 23.0 Å². The van der Waals surface area contributed by atoms with E-state index in [4.69, 9.17) is 4.74 Å². The van der Waals surface area contributed by atoms with E-state index in [-0.39, 0.29) is 24.3 Å². The van der Waals surface area contributed by atoms with Gasteiger partial charge in [-0.25, -0.2) is 0 Å². The molecule has 1 saturated heterocycles. The lowest BCUT2D eigenvalue weighted by Gasteiger charge is -2.36. The first-order chi connectivity index (χ1) is 11.2. The van der Waals surface area contributed by atoms with Crippen LogP contribution in [0.1, 0.15) is 57.3 Å². The summed E-state index contributed by atoms with van der Waals surface area (Å²) >= 11 is 0. The van der Waals surface area contributed by atoms with Gasteiger partial charge in [-0.15, -0.1) is 0 Å². The predicted octanol–water partition coefficient (Wildman–Crippen LogP) is 4.06. The summed E-state index contributed by atoms with van der Waals surface area (Å²) < 4.78 is 43.6. The number of aliphatic hydroxyl groups excluding tert-OH is 1. The average molecular weight is 345 g/mol. The quantitative estimate of drug-likeness (QED) is 0.845. The van der Waals surface area contributed by atoms with Crippen LogP contribution in [0.15, 0.2) is 24.3 Å². The van der Waals surface area contributed by atoms with Gasteiger partial charge < -0.3 is 15.2 Å². The maximum Gasteiger partial charge on any atom is 0.416 e. The molecule has 1 aliphatic heterocycles. The standard InChI is InChI=1S/C18H26F3NO2/c1-4-16(22-15-9-11(2)24-12(3)10-15)17(23)13-5-7-14(8-6-13)18(19,20)21/h5-8,11-12,15-17,22-23H,4,9-10H2,1-3H3. The molecular formula is C18H26F3NO2. The fourth-order valence-electron chi connectivity index (χ4n) is 3.38. The Kier molecular flexibility index (Phi) is 6.28. The monoisotopic (exact) mass is 345 g/mol. The topological polar surface area (TPSA) is 41.5 Å². The van der Waals surface area contributed by atoms with Crippen LogP contribution in [0.2, 0.25) is 0 Å². The molecule has 0 saturated carbocycles. The van der Waals surface area contributed by atoms with Crippen LogP contribution in [0.4, 0.5) is 13.2 Å². The summed E-state index contributed by atoms with van der Waals surface area (Å²) in [6.07, 6.45) is -2.48. The van der Waals surface area contributed by atoms with Crippen molar-refractivity contribution in [3.63, 3.8) is 0 Å². The minimum atomic E-state index is -4.36. The molecule has 2 N–H and O–H groups in total. The van der Waals surface area contributed by atoms with Crippen molar-refractivity contribution in [2.45, 2.75) is 76.6 Å². The van der Waals surface area contributed by atoms with E-state index < -0.39 is 17.8 Å². The van der Waals surface area contributed by atoms with Crippen LogP contribution in [-0.4, -0.2) is 29.4 Å². The first kappa shape index (κ1) is 19.2. The van der Waals surface area contributed by atoms with E-state index in [1.165, 1.54) is 12.1 Å². The molecule has 24 heavy (non-hydrogen) atoms. The lowest BCUT2D eigenvalue weighted by Crippen LogP contribution is -2.47. The molecule has 4 unspecified atom stereocenters. The zero-order chi connectivity index (χ0) is 17.9. The highest BCUT2D eigenvalue weighted by atomic mass is 19.4. The number of rotatable bonds is 5. The Bertz CT molecular complexity index is 508. The van der Waals surface area contributed by atoms with Gasteiger partial charge in [-0.05, 0) is 50.8 Å². The number of ether oxygens (including phenoxy) is 1. The molecule has 0 amide bonds. The lowest BCUT2D eigenvalue weighted by molar-refractivity contribution is -0.137. The zero-order valence-electron chi connectivity index (χ0n) is 14.3. The molecule has 0 spiro atoms. The second-order valence-electron chi connectivity index (χ2n) is 6.67. The predicted molar refractivity (Wildman–Crippen MR) is 86.6 cm³/mol. The van der Waals surface area contributed by atoms with Gasteiger partial charge in [0.1, 0.15) is 0 Å². The highest BCUT2D eigenvalue weighted by Crippen LogP contribution is 2.31. The molecule has 1 aromatic rings. The van der Waals surface area contributed by atoms with Crippen molar-refractivity contribution in [3.8, 4) is 0 Å². The molecule has 2 rings (SSSR count). The highest BCUT2D eigenvalue weighted by molar-refractivity contribution is 5.26. The van der Waals surface area contributed by atoms with Crippen LogP contribution in [-0.2, 0) is 10.9 Å². The lowest BCUT2D eigenvalue weighted by atomic mass is 9.94. The van der Waals surface area contributed by atoms with E-state index >= 15 is 0 Å². The van der Waals surface area contributed by atoms with Gasteiger partial charge in [0.25, 0.3) is 0 Å². The zero-order valence-corrected chi connectivity index (χ0v) is 14.3. The summed E-state index contributed by atoms with van der Waals surface area (Å²) in [6, 6.07) is 4.77. The number of hydrogen-bond acceptors (Lipinski definition) is 3. The van der Waals surface area contributed by atoms with Crippen LogP contribution >= 0.6 is 0 Å². The summed E-state index contributed by atoms with van der Waals surface area (Å²) in [7, 11) is 0. The van der Waals surface area contributed by atoms with E-state index in [9.17, 15) is 18.3 Å². The van der Waals surface area contributed by atoms with Crippen LogP contribution in [0.5, 0.6) is 0 Å². The van der Waals surface area contributed by atoms with E-state index in [0.717, 1.165) is 25.0 Å². The van der Waals surface area contributed by atoms with Crippen LogP contribution in [0, 0.1) is 0 Å². The molecule has 0 aliphatic carbocycles. The van der Waals surface area contributed by atoms with Gasteiger partial charge >= 0.3 is 6.18 Å². The van der Waals surface area contributed by atoms with E-state index in [1.807, 2.05) is 20.8 Å². The molecule has 1 fully saturated rings. The summed E-state index contributed by atoms with van der Waals surface area (Å²) in [5.74, 6) is 0. The van der Waals surface area contributed by atoms with Gasteiger partial charge in [0.2, 0.25) is 0 Å². The Morgan fingerprint density at radius 1 is 1.17 bits per heavy atom. The normalized spacial score (nSPS) is 27.7. The molecule has 6 heteroatoms. The summed E-state index contributed by atoms with van der Waals surface area (Å²) in [5.41, 5.74) is -0.206. The third-order valence-corrected chi connectivity index (χ3v) is 4.55. The van der Waals surface area contributed by atoms with Gasteiger partial charge in [0, 0.05) is 12.1 Å². The Balaban J connectivity index is 2.04. The minimum Gasteiger partial charge on any atom is -0.387 e. The molecule has 1 heterocycles. The van der Waals surface area contributed by atoms with E-state index in [0.29, 0.717) is 12.0 Å². The molecule has 3 nitrogen and oxygen atoms in total. The van der Waals surface area contributed by atoms with Crippen molar-refractivity contribution in [3.05, 3.63) is 35.4 Å². The van der Waals surface area contributed by atoms with Crippen molar-refractivity contribution in [2.75, 3.05) is 0 Å². The van der Waals surface area contributed by atoms with E-state index in [1.54, 1.807) is 0 Å². The molecule has 0 radical (unpaired) electrons. The highest BCUT2D eigenvalue weighted by Gasteiger charge is 2.31. The third kappa shape index (κ3) is 4.94. The third-order valence-electron chi connectivity index (χ3n) is 4.55. The fourth-order valence-corrected chi connectivity index (χ4v) is 3.38. The maximum absolute atomic E-state index is 12.6. The molecule has 1 aromatic carbocycles.